The topological polar surface area (TPSA) is 80.3 Å². The molecule has 2 N–H and O–H groups in total. The van der Waals surface area contributed by atoms with E-state index in [1.54, 1.807) is 18.2 Å². The first-order valence-corrected chi connectivity index (χ1v) is 6.49. The predicted molar refractivity (Wildman–Crippen MR) is 77.8 cm³/mol. The number of rotatable bonds is 2. The Balaban J connectivity index is 1.82. The van der Waals surface area contributed by atoms with E-state index in [2.05, 4.69) is 15.6 Å². The summed E-state index contributed by atoms with van der Waals surface area (Å²) in [5.41, 5.74) is 1.37. The van der Waals surface area contributed by atoms with Gasteiger partial charge in [0.2, 0.25) is 0 Å². The van der Waals surface area contributed by atoms with Crippen LogP contribution < -0.4 is 15.4 Å². The summed E-state index contributed by atoms with van der Waals surface area (Å²) in [6.45, 7) is -0.00860. The van der Waals surface area contributed by atoms with Gasteiger partial charge in [0.1, 0.15) is 5.75 Å². The van der Waals surface area contributed by atoms with Crippen LogP contribution >= 0.6 is 11.6 Å². The number of nitrogens with one attached hydrogen (secondary N) is 2. The first-order chi connectivity index (χ1) is 10.1. The van der Waals surface area contributed by atoms with Crippen molar-refractivity contribution in [2.75, 3.05) is 17.2 Å². The Bertz CT molecular complexity index is 733. The van der Waals surface area contributed by atoms with Crippen molar-refractivity contribution in [3.63, 3.8) is 0 Å². The summed E-state index contributed by atoms with van der Waals surface area (Å²) in [7, 11) is 0. The highest BCUT2D eigenvalue weighted by molar-refractivity contribution is 6.34. The van der Waals surface area contributed by atoms with Gasteiger partial charge in [0.05, 0.1) is 16.3 Å². The smallest absolute Gasteiger partial charge is 0.262 e. The maximum absolute atomic E-state index is 12.1. The van der Waals surface area contributed by atoms with E-state index in [1.165, 1.54) is 18.5 Å². The fraction of sp³-hybridized carbons (Fsp3) is 0.0714. The lowest BCUT2D eigenvalue weighted by molar-refractivity contribution is -0.118. The molecule has 2 aromatic rings. The van der Waals surface area contributed by atoms with E-state index in [0.29, 0.717) is 22.7 Å². The molecule has 0 atom stereocenters. The number of carbonyl (C=O) groups is 2. The number of ether oxygens (including phenoxy) is 1. The van der Waals surface area contributed by atoms with Crippen LogP contribution in [0.15, 0.2) is 36.7 Å². The molecule has 6 nitrogen and oxygen atoms in total. The highest BCUT2D eigenvalue weighted by Crippen LogP contribution is 2.30. The summed E-state index contributed by atoms with van der Waals surface area (Å²) in [6, 6.07) is 6.52. The molecule has 21 heavy (non-hydrogen) atoms. The fourth-order valence-electron chi connectivity index (χ4n) is 1.92. The maximum atomic E-state index is 12.1. The molecule has 0 bridgehead atoms. The zero-order chi connectivity index (χ0) is 14.8. The normalized spacial score (nSPS) is 12.9. The summed E-state index contributed by atoms with van der Waals surface area (Å²) in [6.07, 6.45) is 2.89. The lowest BCUT2D eigenvalue weighted by atomic mass is 10.2. The van der Waals surface area contributed by atoms with Crippen molar-refractivity contribution in [1.82, 2.24) is 4.98 Å². The van der Waals surface area contributed by atoms with Crippen molar-refractivity contribution in [2.24, 2.45) is 0 Å². The molecule has 2 heterocycles. The molecule has 3 rings (SSSR count). The zero-order valence-corrected chi connectivity index (χ0v) is 11.5. The quantitative estimate of drug-likeness (QED) is 0.892. The lowest BCUT2D eigenvalue weighted by Gasteiger charge is -2.18. The monoisotopic (exact) mass is 303 g/mol. The molecule has 106 valence electrons. The van der Waals surface area contributed by atoms with E-state index < -0.39 is 0 Å². The van der Waals surface area contributed by atoms with E-state index in [4.69, 9.17) is 16.3 Å². The van der Waals surface area contributed by atoms with Crippen LogP contribution in [0.5, 0.6) is 5.75 Å². The summed E-state index contributed by atoms with van der Waals surface area (Å²) in [5.74, 6) is -0.0249. The van der Waals surface area contributed by atoms with E-state index in [-0.39, 0.29) is 23.4 Å². The number of nitrogens with zero attached hydrogens (tertiary/aromatic N) is 1. The third kappa shape index (κ3) is 2.80. The fourth-order valence-corrected chi connectivity index (χ4v) is 2.12. The van der Waals surface area contributed by atoms with Gasteiger partial charge in [-0.25, -0.2) is 0 Å². The third-order valence-electron chi connectivity index (χ3n) is 2.89. The number of carbonyl (C=O) groups excluding carboxylic acids is 2. The van der Waals surface area contributed by atoms with Gasteiger partial charge in [-0.2, -0.15) is 0 Å². The summed E-state index contributed by atoms with van der Waals surface area (Å²) in [4.78, 5) is 27.2. The number of hydrogen-bond acceptors (Lipinski definition) is 4. The van der Waals surface area contributed by atoms with Gasteiger partial charge in [-0.15, -0.1) is 0 Å². The molecular weight excluding hydrogens is 294 g/mol. The summed E-state index contributed by atoms with van der Waals surface area (Å²) in [5, 5.41) is 5.65. The zero-order valence-electron chi connectivity index (χ0n) is 10.7. The van der Waals surface area contributed by atoms with Crippen LogP contribution in [0.3, 0.4) is 0 Å². The second-order valence-electron chi connectivity index (χ2n) is 4.36. The third-order valence-corrected chi connectivity index (χ3v) is 3.19. The Morgan fingerprint density at radius 2 is 2.24 bits per heavy atom. The molecule has 1 aliphatic heterocycles. The van der Waals surface area contributed by atoms with Gasteiger partial charge in [0, 0.05) is 18.1 Å². The molecule has 0 spiro atoms. The van der Waals surface area contributed by atoms with Crippen molar-refractivity contribution in [3.05, 3.63) is 47.2 Å². The van der Waals surface area contributed by atoms with E-state index >= 15 is 0 Å². The highest BCUT2D eigenvalue weighted by atomic mass is 35.5. The van der Waals surface area contributed by atoms with Gasteiger partial charge in [0.25, 0.3) is 11.8 Å². The average Bonchev–Trinajstić information content (AvgIpc) is 2.47. The minimum atomic E-state index is -0.356. The molecule has 1 aliphatic rings. The lowest BCUT2D eigenvalue weighted by Crippen LogP contribution is -2.25. The number of aromatic nitrogens is 1. The second kappa shape index (κ2) is 5.41. The summed E-state index contributed by atoms with van der Waals surface area (Å²) >= 11 is 5.92. The van der Waals surface area contributed by atoms with Gasteiger partial charge in [-0.3, -0.25) is 14.6 Å². The molecule has 0 saturated heterocycles. The standard InChI is InChI=1S/C14H10ClN3O3/c15-10-6-16-4-3-9(10)14(20)17-8-1-2-12-11(5-8)18-13(19)7-21-12/h1-6H,7H2,(H,17,20)(H,18,19). The molecule has 0 radical (unpaired) electrons. The largest absolute Gasteiger partial charge is 0.482 e. The van der Waals surface area contributed by atoms with Crippen molar-refractivity contribution in [3.8, 4) is 5.75 Å². The molecule has 0 aliphatic carbocycles. The van der Waals surface area contributed by atoms with Crippen molar-refractivity contribution in [2.45, 2.75) is 0 Å². The number of amides is 2. The first-order valence-electron chi connectivity index (χ1n) is 6.11. The Morgan fingerprint density at radius 3 is 3.05 bits per heavy atom. The SMILES string of the molecule is O=C1COc2ccc(NC(=O)c3ccncc3Cl)cc2N1. The van der Waals surface area contributed by atoms with E-state index in [0.717, 1.165) is 0 Å². The van der Waals surface area contributed by atoms with Gasteiger partial charge < -0.3 is 15.4 Å². The van der Waals surface area contributed by atoms with Crippen LogP contribution in [0.25, 0.3) is 0 Å². The van der Waals surface area contributed by atoms with E-state index in [9.17, 15) is 9.59 Å². The minimum absolute atomic E-state index is 0.00860. The number of anilines is 2. The minimum Gasteiger partial charge on any atom is -0.482 e. The number of fused-ring (bicyclic) bond motifs is 1. The Morgan fingerprint density at radius 1 is 1.38 bits per heavy atom. The molecule has 0 saturated carbocycles. The van der Waals surface area contributed by atoms with Crippen LogP contribution in [-0.2, 0) is 4.79 Å². The van der Waals surface area contributed by atoms with Crippen LogP contribution in [0.1, 0.15) is 10.4 Å². The molecule has 7 heteroatoms. The second-order valence-corrected chi connectivity index (χ2v) is 4.76. The highest BCUT2D eigenvalue weighted by Gasteiger charge is 2.17. The number of halogens is 1. The van der Waals surface area contributed by atoms with Crippen LogP contribution in [-0.4, -0.2) is 23.4 Å². The number of benzene rings is 1. The van der Waals surface area contributed by atoms with Crippen molar-refractivity contribution >= 4 is 34.8 Å². The predicted octanol–water partition coefficient (Wildman–Crippen LogP) is 2.32. The number of hydrogen-bond donors (Lipinski definition) is 2. The van der Waals surface area contributed by atoms with Gasteiger partial charge in [0.15, 0.2) is 6.61 Å². The van der Waals surface area contributed by atoms with E-state index in [1.807, 2.05) is 0 Å². The molecule has 0 unspecified atom stereocenters. The summed E-state index contributed by atoms with van der Waals surface area (Å²) < 4.78 is 5.25. The first kappa shape index (κ1) is 13.4. The van der Waals surface area contributed by atoms with Gasteiger partial charge >= 0.3 is 0 Å². The average molecular weight is 304 g/mol. The molecule has 0 fully saturated rings. The Hall–Kier alpha value is -2.60. The maximum Gasteiger partial charge on any atom is 0.262 e. The van der Waals surface area contributed by atoms with Crippen molar-refractivity contribution < 1.29 is 14.3 Å². The Kier molecular flexibility index (Phi) is 3.45. The van der Waals surface area contributed by atoms with Crippen LogP contribution in [0.2, 0.25) is 5.02 Å². The molecule has 1 aromatic carbocycles. The molecule has 1 aromatic heterocycles. The van der Waals surface area contributed by atoms with Crippen molar-refractivity contribution in [1.29, 1.82) is 0 Å². The Labute approximate surface area is 125 Å². The van der Waals surface area contributed by atoms with Crippen LogP contribution in [0.4, 0.5) is 11.4 Å². The van der Waals surface area contributed by atoms with Gasteiger partial charge in [-0.1, -0.05) is 11.6 Å². The molecular formula is C14H10ClN3O3. The molecule has 2 amide bonds. The van der Waals surface area contributed by atoms with Gasteiger partial charge in [-0.05, 0) is 24.3 Å². The number of pyridine rings is 1. The van der Waals surface area contributed by atoms with Crippen LogP contribution in [0, 0.1) is 0 Å².